The highest BCUT2D eigenvalue weighted by Gasteiger charge is 2.20. The zero-order chi connectivity index (χ0) is 13.1. The van der Waals surface area contributed by atoms with Gasteiger partial charge in [-0.05, 0) is 35.7 Å². The molecule has 0 spiro atoms. The minimum absolute atomic E-state index is 0.0206. The highest BCUT2D eigenvalue weighted by atomic mass is 79.9. The predicted octanol–water partition coefficient (Wildman–Crippen LogP) is 2.73. The molecule has 1 fully saturated rings. The van der Waals surface area contributed by atoms with Crippen molar-refractivity contribution in [2.24, 2.45) is 0 Å². The van der Waals surface area contributed by atoms with Crippen LogP contribution in [0.15, 0.2) is 16.7 Å². The summed E-state index contributed by atoms with van der Waals surface area (Å²) in [4.78, 5) is 14.2. The lowest BCUT2D eigenvalue weighted by molar-refractivity contribution is -0.385. The van der Waals surface area contributed by atoms with Gasteiger partial charge in [-0.15, -0.1) is 0 Å². The normalized spacial score (nSPS) is 23.7. The number of pyridine rings is 1. The van der Waals surface area contributed by atoms with Crippen molar-refractivity contribution < 1.29 is 9.66 Å². The monoisotopic (exact) mass is 315 g/mol. The first-order chi connectivity index (χ1) is 8.56. The first-order valence-electron chi connectivity index (χ1n) is 5.74. The van der Waals surface area contributed by atoms with E-state index in [9.17, 15) is 10.1 Å². The molecule has 1 aliphatic heterocycles. The van der Waals surface area contributed by atoms with Crippen molar-refractivity contribution in [2.45, 2.75) is 31.9 Å². The van der Waals surface area contributed by atoms with Gasteiger partial charge in [0.2, 0.25) is 0 Å². The van der Waals surface area contributed by atoms with Gasteiger partial charge < -0.3 is 10.1 Å². The molecular weight excluding hydrogens is 302 g/mol. The fourth-order valence-corrected chi connectivity index (χ4v) is 2.41. The number of nitrogens with zero attached hydrogens (tertiary/aromatic N) is 2. The summed E-state index contributed by atoms with van der Waals surface area (Å²) in [5.74, 6) is 0.639. The Morgan fingerprint density at radius 1 is 1.67 bits per heavy atom. The molecule has 18 heavy (non-hydrogen) atoms. The van der Waals surface area contributed by atoms with Crippen LogP contribution >= 0.6 is 15.9 Å². The van der Waals surface area contributed by atoms with Crippen LogP contribution in [0, 0.1) is 10.1 Å². The zero-order valence-electron chi connectivity index (χ0n) is 9.93. The van der Waals surface area contributed by atoms with Gasteiger partial charge in [0, 0.05) is 18.7 Å². The van der Waals surface area contributed by atoms with Crippen LogP contribution in [0.2, 0.25) is 0 Å². The largest absolute Gasteiger partial charge is 0.378 e. The summed E-state index contributed by atoms with van der Waals surface area (Å²) in [7, 11) is 0. The molecule has 0 radical (unpaired) electrons. The molecule has 0 amide bonds. The SMILES string of the molecule is CC1CC(Nc2ncc([N+](=O)[O-])cc2Br)CCO1. The Morgan fingerprint density at radius 2 is 2.44 bits per heavy atom. The van der Waals surface area contributed by atoms with Gasteiger partial charge in [0.1, 0.15) is 12.0 Å². The van der Waals surface area contributed by atoms with E-state index in [1.54, 1.807) is 0 Å². The van der Waals surface area contributed by atoms with Crippen molar-refractivity contribution in [3.8, 4) is 0 Å². The molecule has 1 saturated heterocycles. The lowest BCUT2D eigenvalue weighted by Gasteiger charge is -2.28. The van der Waals surface area contributed by atoms with E-state index in [0.717, 1.165) is 19.4 Å². The average Bonchev–Trinajstić information content (AvgIpc) is 2.31. The third-order valence-electron chi connectivity index (χ3n) is 2.86. The summed E-state index contributed by atoms with van der Waals surface area (Å²) in [5, 5.41) is 13.9. The molecule has 6 nitrogen and oxygen atoms in total. The molecule has 0 aliphatic carbocycles. The molecule has 98 valence electrons. The maximum Gasteiger partial charge on any atom is 0.288 e. The van der Waals surface area contributed by atoms with E-state index in [4.69, 9.17) is 4.74 Å². The Morgan fingerprint density at radius 3 is 3.06 bits per heavy atom. The van der Waals surface area contributed by atoms with Crippen molar-refractivity contribution in [1.82, 2.24) is 4.98 Å². The second-order valence-electron chi connectivity index (χ2n) is 4.33. The summed E-state index contributed by atoms with van der Waals surface area (Å²) in [6.45, 7) is 2.76. The van der Waals surface area contributed by atoms with Crippen LogP contribution < -0.4 is 5.32 Å². The van der Waals surface area contributed by atoms with Crippen LogP contribution in [0.5, 0.6) is 0 Å². The third-order valence-corrected chi connectivity index (χ3v) is 3.47. The second-order valence-corrected chi connectivity index (χ2v) is 5.18. The summed E-state index contributed by atoms with van der Waals surface area (Å²) in [5.41, 5.74) is -0.0206. The molecule has 2 unspecified atom stereocenters. The van der Waals surface area contributed by atoms with Crippen LogP contribution in [0.3, 0.4) is 0 Å². The molecule has 0 bridgehead atoms. The van der Waals surface area contributed by atoms with E-state index in [1.165, 1.54) is 12.3 Å². The highest BCUT2D eigenvalue weighted by Crippen LogP contribution is 2.26. The standard InChI is InChI=1S/C11H14BrN3O3/c1-7-4-8(2-3-18-7)14-11-10(12)5-9(6-13-11)15(16)17/h5-8H,2-4H2,1H3,(H,13,14). The zero-order valence-corrected chi connectivity index (χ0v) is 11.5. The Bertz CT molecular complexity index is 455. The Hall–Kier alpha value is -1.21. The van der Waals surface area contributed by atoms with Crippen molar-refractivity contribution in [1.29, 1.82) is 0 Å². The quantitative estimate of drug-likeness (QED) is 0.685. The third kappa shape index (κ3) is 3.17. The van der Waals surface area contributed by atoms with Crippen molar-refractivity contribution in [2.75, 3.05) is 11.9 Å². The molecule has 1 aromatic rings. The molecule has 0 aromatic carbocycles. The Labute approximate surface area is 113 Å². The number of nitro groups is 1. The van der Waals surface area contributed by atoms with E-state index >= 15 is 0 Å². The van der Waals surface area contributed by atoms with Gasteiger partial charge in [-0.2, -0.15) is 0 Å². The highest BCUT2D eigenvalue weighted by molar-refractivity contribution is 9.10. The molecule has 2 atom stereocenters. The molecule has 1 N–H and O–H groups in total. The minimum atomic E-state index is -0.460. The van der Waals surface area contributed by atoms with E-state index in [2.05, 4.69) is 26.2 Å². The van der Waals surface area contributed by atoms with Gasteiger partial charge in [-0.25, -0.2) is 4.98 Å². The minimum Gasteiger partial charge on any atom is -0.378 e. The summed E-state index contributed by atoms with van der Waals surface area (Å²) >= 11 is 3.30. The number of anilines is 1. The van der Waals surface area contributed by atoms with Crippen molar-refractivity contribution in [3.63, 3.8) is 0 Å². The number of hydrogen-bond donors (Lipinski definition) is 1. The predicted molar refractivity (Wildman–Crippen MR) is 70.7 cm³/mol. The smallest absolute Gasteiger partial charge is 0.288 e. The van der Waals surface area contributed by atoms with Crippen molar-refractivity contribution in [3.05, 3.63) is 26.9 Å². The van der Waals surface area contributed by atoms with Crippen LogP contribution in [-0.4, -0.2) is 28.7 Å². The molecular formula is C11H14BrN3O3. The number of ether oxygens (including phenoxy) is 1. The second kappa shape index (κ2) is 5.62. The topological polar surface area (TPSA) is 77.3 Å². The van der Waals surface area contributed by atoms with Gasteiger partial charge in [0.25, 0.3) is 5.69 Å². The Balaban J connectivity index is 2.07. The fourth-order valence-electron chi connectivity index (χ4n) is 1.96. The number of halogens is 1. The fraction of sp³-hybridized carbons (Fsp3) is 0.545. The Kier molecular flexibility index (Phi) is 4.13. The summed E-state index contributed by atoms with van der Waals surface area (Å²) in [6.07, 6.45) is 3.31. The van der Waals surface area contributed by atoms with Gasteiger partial charge in [-0.1, -0.05) is 0 Å². The molecule has 2 rings (SSSR count). The van der Waals surface area contributed by atoms with Crippen LogP contribution in [-0.2, 0) is 4.74 Å². The summed E-state index contributed by atoms with van der Waals surface area (Å²) in [6, 6.07) is 1.75. The van der Waals surface area contributed by atoms with Gasteiger partial charge >= 0.3 is 0 Å². The number of aromatic nitrogens is 1. The molecule has 7 heteroatoms. The van der Waals surface area contributed by atoms with E-state index < -0.39 is 4.92 Å². The molecule has 2 heterocycles. The van der Waals surface area contributed by atoms with Gasteiger partial charge in [0.15, 0.2) is 0 Å². The van der Waals surface area contributed by atoms with Crippen molar-refractivity contribution >= 4 is 27.4 Å². The van der Waals surface area contributed by atoms with Gasteiger partial charge in [-0.3, -0.25) is 10.1 Å². The summed E-state index contributed by atoms with van der Waals surface area (Å²) < 4.78 is 6.07. The maximum absolute atomic E-state index is 10.6. The number of hydrogen-bond acceptors (Lipinski definition) is 5. The molecule has 1 aromatic heterocycles. The first-order valence-corrected chi connectivity index (χ1v) is 6.53. The van der Waals surface area contributed by atoms with E-state index in [0.29, 0.717) is 16.3 Å². The maximum atomic E-state index is 10.6. The molecule has 1 aliphatic rings. The van der Waals surface area contributed by atoms with Crippen LogP contribution in [0.4, 0.5) is 11.5 Å². The van der Waals surface area contributed by atoms with Crippen LogP contribution in [0.1, 0.15) is 19.8 Å². The van der Waals surface area contributed by atoms with E-state index in [1.807, 2.05) is 6.92 Å². The lowest BCUT2D eigenvalue weighted by Crippen LogP contribution is -2.32. The molecule has 0 saturated carbocycles. The number of rotatable bonds is 3. The lowest BCUT2D eigenvalue weighted by atomic mass is 10.0. The average molecular weight is 316 g/mol. The van der Waals surface area contributed by atoms with Gasteiger partial charge in [0.05, 0.1) is 15.5 Å². The van der Waals surface area contributed by atoms with Crippen LogP contribution in [0.25, 0.3) is 0 Å². The first kappa shape index (κ1) is 13.2. The number of nitrogens with one attached hydrogen (secondary N) is 1. The van der Waals surface area contributed by atoms with E-state index in [-0.39, 0.29) is 11.8 Å².